The standard InChI is InChI=1S/C24H21FN2O2S/c1-15-6-3-4-9-20(15)23(29)26-18-8-5-7-17(12-18)24-27(22(28)14-30-24)19-11-10-16(2)21(25)13-19/h3-13,24H,14H2,1-2H3,(H,26,29)/t24-/m1/s1. The van der Waals surface area contributed by atoms with E-state index in [9.17, 15) is 14.0 Å². The van der Waals surface area contributed by atoms with Crippen molar-refractivity contribution in [2.45, 2.75) is 19.2 Å². The summed E-state index contributed by atoms with van der Waals surface area (Å²) in [5.41, 5.74) is 4.11. The summed E-state index contributed by atoms with van der Waals surface area (Å²) in [7, 11) is 0. The predicted molar refractivity (Wildman–Crippen MR) is 119 cm³/mol. The van der Waals surface area contributed by atoms with Crippen molar-refractivity contribution in [1.82, 2.24) is 0 Å². The summed E-state index contributed by atoms with van der Waals surface area (Å²) in [6.45, 7) is 3.59. The number of halogens is 1. The highest BCUT2D eigenvalue weighted by Crippen LogP contribution is 2.42. The zero-order chi connectivity index (χ0) is 21.3. The third-order valence-electron chi connectivity index (χ3n) is 5.12. The fourth-order valence-electron chi connectivity index (χ4n) is 3.48. The normalized spacial score (nSPS) is 16.0. The lowest BCUT2D eigenvalue weighted by atomic mass is 10.1. The van der Waals surface area contributed by atoms with Crippen molar-refractivity contribution in [1.29, 1.82) is 0 Å². The van der Waals surface area contributed by atoms with E-state index >= 15 is 0 Å². The Bertz CT molecular complexity index is 1130. The molecule has 1 aliphatic heterocycles. The fourth-order valence-corrected chi connectivity index (χ4v) is 4.64. The van der Waals surface area contributed by atoms with Gasteiger partial charge >= 0.3 is 0 Å². The first-order valence-corrected chi connectivity index (χ1v) is 10.7. The summed E-state index contributed by atoms with van der Waals surface area (Å²) in [6.07, 6.45) is 0. The molecule has 152 valence electrons. The van der Waals surface area contributed by atoms with Crippen LogP contribution in [-0.4, -0.2) is 17.6 Å². The minimum Gasteiger partial charge on any atom is -0.322 e. The van der Waals surface area contributed by atoms with Gasteiger partial charge in [-0.2, -0.15) is 0 Å². The topological polar surface area (TPSA) is 49.4 Å². The number of rotatable bonds is 4. The highest BCUT2D eigenvalue weighted by molar-refractivity contribution is 8.00. The van der Waals surface area contributed by atoms with E-state index in [0.717, 1.165) is 11.1 Å². The molecule has 0 unspecified atom stereocenters. The molecule has 0 saturated carbocycles. The van der Waals surface area contributed by atoms with Crippen molar-refractivity contribution in [3.63, 3.8) is 0 Å². The predicted octanol–water partition coefficient (Wildman–Crippen LogP) is 5.47. The van der Waals surface area contributed by atoms with Crippen LogP contribution in [0.4, 0.5) is 15.8 Å². The number of benzene rings is 3. The second kappa shape index (κ2) is 8.32. The van der Waals surface area contributed by atoms with Gasteiger partial charge in [-0.05, 0) is 60.9 Å². The van der Waals surface area contributed by atoms with Crippen molar-refractivity contribution in [3.05, 3.63) is 94.8 Å². The molecule has 4 nitrogen and oxygen atoms in total. The molecule has 0 aliphatic carbocycles. The molecule has 0 aromatic heterocycles. The molecular formula is C24H21FN2O2S. The van der Waals surface area contributed by atoms with Crippen LogP contribution in [0.3, 0.4) is 0 Å². The number of aryl methyl sites for hydroxylation is 2. The summed E-state index contributed by atoms with van der Waals surface area (Å²) in [4.78, 5) is 26.8. The lowest BCUT2D eigenvalue weighted by Crippen LogP contribution is -2.28. The van der Waals surface area contributed by atoms with Gasteiger partial charge in [-0.1, -0.05) is 36.4 Å². The van der Waals surface area contributed by atoms with Crippen LogP contribution in [0.1, 0.15) is 32.4 Å². The van der Waals surface area contributed by atoms with Gasteiger partial charge in [0.1, 0.15) is 11.2 Å². The van der Waals surface area contributed by atoms with Crippen LogP contribution in [0.2, 0.25) is 0 Å². The van der Waals surface area contributed by atoms with Crippen molar-refractivity contribution in [3.8, 4) is 0 Å². The third kappa shape index (κ3) is 3.96. The van der Waals surface area contributed by atoms with Gasteiger partial charge in [0.2, 0.25) is 5.91 Å². The average molecular weight is 421 g/mol. The number of carbonyl (C=O) groups excluding carboxylic acids is 2. The Morgan fingerprint density at radius 2 is 1.83 bits per heavy atom. The number of nitrogens with zero attached hydrogens (tertiary/aromatic N) is 1. The van der Waals surface area contributed by atoms with E-state index in [-0.39, 0.29) is 23.0 Å². The van der Waals surface area contributed by atoms with Crippen molar-refractivity contribution in [2.75, 3.05) is 16.0 Å². The van der Waals surface area contributed by atoms with Gasteiger partial charge in [0.25, 0.3) is 5.91 Å². The second-order valence-corrected chi connectivity index (χ2v) is 8.32. The van der Waals surface area contributed by atoms with Gasteiger partial charge in [0.05, 0.1) is 5.75 Å². The molecule has 1 aliphatic rings. The molecule has 6 heteroatoms. The van der Waals surface area contributed by atoms with Crippen LogP contribution in [0.15, 0.2) is 66.7 Å². The van der Waals surface area contributed by atoms with E-state index in [1.807, 2.05) is 49.4 Å². The highest BCUT2D eigenvalue weighted by Gasteiger charge is 2.34. The van der Waals surface area contributed by atoms with E-state index in [0.29, 0.717) is 28.3 Å². The van der Waals surface area contributed by atoms with Crippen LogP contribution >= 0.6 is 11.8 Å². The zero-order valence-electron chi connectivity index (χ0n) is 16.7. The molecule has 3 aromatic rings. The smallest absolute Gasteiger partial charge is 0.255 e. The quantitative estimate of drug-likeness (QED) is 0.609. The van der Waals surface area contributed by atoms with E-state index in [2.05, 4.69) is 5.32 Å². The third-order valence-corrected chi connectivity index (χ3v) is 6.33. The first kappa shape index (κ1) is 20.2. The largest absolute Gasteiger partial charge is 0.322 e. The number of thioether (sulfide) groups is 1. The lowest BCUT2D eigenvalue weighted by Gasteiger charge is -2.25. The molecule has 1 fully saturated rings. The molecule has 0 bridgehead atoms. The number of anilines is 2. The lowest BCUT2D eigenvalue weighted by molar-refractivity contribution is -0.115. The maximum Gasteiger partial charge on any atom is 0.255 e. The average Bonchev–Trinajstić information content (AvgIpc) is 3.12. The minimum atomic E-state index is -0.338. The molecule has 1 heterocycles. The van der Waals surface area contributed by atoms with Crippen LogP contribution in [0.25, 0.3) is 0 Å². The Balaban J connectivity index is 1.61. The number of hydrogen-bond acceptors (Lipinski definition) is 3. The number of amides is 2. The van der Waals surface area contributed by atoms with Gasteiger partial charge < -0.3 is 5.32 Å². The maximum atomic E-state index is 14.1. The Morgan fingerprint density at radius 3 is 2.60 bits per heavy atom. The summed E-state index contributed by atoms with van der Waals surface area (Å²) < 4.78 is 14.1. The molecule has 0 radical (unpaired) electrons. The molecule has 30 heavy (non-hydrogen) atoms. The van der Waals surface area contributed by atoms with Crippen LogP contribution in [-0.2, 0) is 4.79 Å². The Labute approximate surface area is 179 Å². The van der Waals surface area contributed by atoms with Crippen LogP contribution in [0, 0.1) is 19.7 Å². The van der Waals surface area contributed by atoms with Gasteiger partial charge in [0.15, 0.2) is 0 Å². The summed E-state index contributed by atoms with van der Waals surface area (Å²) >= 11 is 1.48. The Morgan fingerprint density at radius 1 is 1.03 bits per heavy atom. The van der Waals surface area contributed by atoms with Gasteiger partial charge in [-0.3, -0.25) is 14.5 Å². The molecule has 4 rings (SSSR count). The van der Waals surface area contributed by atoms with Gasteiger partial charge in [0, 0.05) is 16.9 Å². The number of carbonyl (C=O) groups is 2. The van der Waals surface area contributed by atoms with Gasteiger partial charge in [-0.15, -0.1) is 11.8 Å². The molecule has 3 aromatic carbocycles. The van der Waals surface area contributed by atoms with Crippen molar-refractivity contribution in [2.24, 2.45) is 0 Å². The first-order chi connectivity index (χ1) is 14.4. The molecule has 0 spiro atoms. The monoisotopic (exact) mass is 420 g/mol. The first-order valence-electron chi connectivity index (χ1n) is 9.61. The van der Waals surface area contributed by atoms with Gasteiger partial charge in [-0.25, -0.2) is 4.39 Å². The van der Waals surface area contributed by atoms with Crippen molar-refractivity contribution < 1.29 is 14.0 Å². The Hall–Kier alpha value is -3.12. The molecular weight excluding hydrogens is 399 g/mol. The summed E-state index contributed by atoms with van der Waals surface area (Å²) in [5.74, 6) is -0.268. The van der Waals surface area contributed by atoms with E-state index in [1.165, 1.54) is 17.8 Å². The van der Waals surface area contributed by atoms with E-state index < -0.39 is 0 Å². The maximum absolute atomic E-state index is 14.1. The molecule has 1 atom stereocenters. The zero-order valence-corrected chi connectivity index (χ0v) is 17.5. The number of hydrogen-bond donors (Lipinski definition) is 1. The summed E-state index contributed by atoms with van der Waals surface area (Å²) in [6, 6.07) is 19.7. The minimum absolute atomic E-state index is 0.0670. The van der Waals surface area contributed by atoms with E-state index in [1.54, 1.807) is 30.0 Å². The molecule has 1 saturated heterocycles. The number of nitrogens with one attached hydrogen (secondary N) is 1. The second-order valence-electron chi connectivity index (χ2n) is 7.26. The molecule has 2 amide bonds. The van der Waals surface area contributed by atoms with Crippen LogP contribution < -0.4 is 10.2 Å². The Kier molecular flexibility index (Phi) is 5.59. The SMILES string of the molecule is Cc1ccc(N2C(=O)CS[C@@H]2c2cccc(NC(=O)c3ccccc3C)c2)cc1F. The summed E-state index contributed by atoms with van der Waals surface area (Å²) in [5, 5.41) is 2.65. The van der Waals surface area contributed by atoms with Crippen LogP contribution in [0.5, 0.6) is 0 Å². The molecule has 1 N–H and O–H groups in total. The fraction of sp³-hybridized carbons (Fsp3) is 0.167. The van der Waals surface area contributed by atoms with Crippen molar-refractivity contribution >= 4 is 35.0 Å². The highest BCUT2D eigenvalue weighted by atomic mass is 32.2. The van der Waals surface area contributed by atoms with E-state index in [4.69, 9.17) is 0 Å².